The summed E-state index contributed by atoms with van der Waals surface area (Å²) >= 11 is 0. The van der Waals surface area contributed by atoms with Gasteiger partial charge in [0.25, 0.3) is 0 Å². The fraction of sp³-hybridized carbons (Fsp3) is 0.529. The van der Waals surface area contributed by atoms with Gasteiger partial charge in [0.05, 0.1) is 6.54 Å². The van der Waals surface area contributed by atoms with E-state index >= 15 is 0 Å². The molecule has 1 saturated heterocycles. The van der Waals surface area contributed by atoms with E-state index in [0.29, 0.717) is 13.1 Å². The van der Waals surface area contributed by atoms with Crippen molar-refractivity contribution >= 4 is 11.9 Å². The Morgan fingerprint density at radius 2 is 2.04 bits per heavy atom. The second-order valence-corrected chi connectivity index (χ2v) is 6.75. The molecule has 3 rings (SSSR count). The van der Waals surface area contributed by atoms with E-state index in [9.17, 15) is 14.0 Å². The number of nitrogens with zero attached hydrogens (tertiary/aromatic N) is 1. The monoisotopic (exact) mass is 320 g/mol. The highest BCUT2D eigenvalue weighted by Crippen LogP contribution is 2.52. The van der Waals surface area contributed by atoms with E-state index < -0.39 is 5.97 Å². The highest BCUT2D eigenvalue weighted by molar-refractivity contribution is 5.75. The molecule has 0 saturated carbocycles. The number of nitrogens with two attached hydrogens (primary N) is 1. The fourth-order valence-corrected chi connectivity index (χ4v) is 4.26. The van der Waals surface area contributed by atoms with Crippen molar-refractivity contribution < 1.29 is 19.1 Å². The SMILES string of the molecule is NC(=O)CC1CC2(CCN(CC(=O)O)CC2)c2cc(F)ccc21. The number of carboxylic acid groups (broad SMARTS) is 1. The zero-order valence-corrected chi connectivity index (χ0v) is 12.9. The smallest absolute Gasteiger partial charge is 0.317 e. The minimum absolute atomic E-state index is 0.0362. The number of hydrogen-bond acceptors (Lipinski definition) is 3. The van der Waals surface area contributed by atoms with Crippen LogP contribution in [-0.2, 0) is 15.0 Å². The molecule has 1 heterocycles. The van der Waals surface area contributed by atoms with Crippen LogP contribution < -0.4 is 5.73 Å². The van der Waals surface area contributed by atoms with Crippen LogP contribution in [0.5, 0.6) is 0 Å². The quantitative estimate of drug-likeness (QED) is 0.883. The predicted octanol–water partition coefficient (Wildman–Crippen LogP) is 1.61. The number of aliphatic carboxylic acids is 1. The van der Waals surface area contributed by atoms with Gasteiger partial charge in [-0.2, -0.15) is 0 Å². The van der Waals surface area contributed by atoms with E-state index in [1.54, 1.807) is 12.1 Å². The van der Waals surface area contributed by atoms with Gasteiger partial charge in [0.2, 0.25) is 5.91 Å². The molecule has 124 valence electrons. The summed E-state index contributed by atoms with van der Waals surface area (Å²) in [6.45, 7) is 1.38. The summed E-state index contributed by atoms with van der Waals surface area (Å²) in [7, 11) is 0. The Morgan fingerprint density at radius 3 is 2.65 bits per heavy atom. The zero-order chi connectivity index (χ0) is 16.6. The number of likely N-dealkylation sites (tertiary alicyclic amines) is 1. The van der Waals surface area contributed by atoms with E-state index in [2.05, 4.69) is 0 Å². The first kappa shape index (κ1) is 15.9. The maximum atomic E-state index is 13.8. The van der Waals surface area contributed by atoms with Gasteiger partial charge in [-0.1, -0.05) is 6.07 Å². The van der Waals surface area contributed by atoms with E-state index in [1.807, 2.05) is 4.90 Å². The molecule has 1 atom stereocenters. The van der Waals surface area contributed by atoms with Crippen molar-refractivity contribution in [3.8, 4) is 0 Å². The molecule has 1 aromatic rings. The molecule has 2 aliphatic rings. The summed E-state index contributed by atoms with van der Waals surface area (Å²) < 4.78 is 13.8. The summed E-state index contributed by atoms with van der Waals surface area (Å²) in [4.78, 5) is 24.1. The Balaban J connectivity index is 1.85. The molecule has 1 amide bonds. The van der Waals surface area contributed by atoms with Crippen LogP contribution in [0.4, 0.5) is 4.39 Å². The first-order valence-corrected chi connectivity index (χ1v) is 7.92. The Morgan fingerprint density at radius 1 is 1.35 bits per heavy atom. The van der Waals surface area contributed by atoms with Gasteiger partial charge in [-0.15, -0.1) is 0 Å². The van der Waals surface area contributed by atoms with Crippen LogP contribution in [0.3, 0.4) is 0 Å². The number of primary amides is 1. The molecule has 0 radical (unpaired) electrons. The molecule has 1 spiro atoms. The number of hydrogen-bond donors (Lipinski definition) is 2. The standard InChI is InChI=1S/C17H21FN2O3/c18-12-1-2-13-11(7-15(19)21)9-17(14(13)8-12)3-5-20(6-4-17)10-16(22)23/h1-2,8,11H,3-7,9-10H2,(H2,19,21)(H,22,23). The Labute approximate surface area is 134 Å². The Kier molecular flexibility index (Phi) is 4.10. The zero-order valence-electron chi connectivity index (χ0n) is 12.9. The number of fused-ring (bicyclic) bond motifs is 2. The molecule has 0 aromatic heterocycles. The Hall–Kier alpha value is -1.95. The van der Waals surface area contributed by atoms with E-state index in [4.69, 9.17) is 10.8 Å². The van der Waals surface area contributed by atoms with Crippen LogP contribution in [0.1, 0.15) is 42.7 Å². The highest BCUT2D eigenvalue weighted by Gasteiger charge is 2.45. The van der Waals surface area contributed by atoms with Gasteiger partial charge in [-0.3, -0.25) is 14.5 Å². The Bertz CT molecular complexity index is 639. The molecule has 3 N–H and O–H groups in total. The van der Waals surface area contributed by atoms with Gasteiger partial charge in [0.15, 0.2) is 0 Å². The van der Waals surface area contributed by atoms with Crippen molar-refractivity contribution in [2.45, 2.75) is 37.0 Å². The van der Waals surface area contributed by atoms with Crippen molar-refractivity contribution in [3.05, 3.63) is 35.1 Å². The second kappa shape index (κ2) is 5.92. The first-order valence-electron chi connectivity index (χ1n) is 7.92. The summed E-state index contributed by atoms with van der Waals surface area (Å²) in [6.07, 6.45) is 2.63. The van der Waals surface area contributed by atoms with Gasteiger partial charge in [-0.05, 0) is 66.9 Å². The summed E-state index contributed by atoms with van der Waals surface area (Å²) in [6, 6.07) is 4.80. The van der Waals surface area contributed by atoms with Gasteiger partial charge < -0.3 is 10.8 Å². The maximum Gasteiger partial charge on any atom is 0.317 e. The largest absolute Gasteiger partial charge is 0.480 e. The lowest BCUT2D eigenvalue weighted by atomic mass is 9.73. The average Bonchev–Trinajstić information content (AvgIpc) is 2.74. The predicted molar refractivity (Wildman–Crippen MR) is 82.6 cm³/mol. The van der Waals surface area contributed by atoms with Crippen molar-refractivity contribution in [1.29, 1.82) is 0 Å². The number of carbonyl (C=O) groups excluding carboxylic acids is 1. The van der Waals surface area contributed by atoms with Crippen LogP contribution in [-0.4, -0.2) is 41.5 Å². The molecule has 5 nitrogen and oxygen atoms in total. The third-order valence-electron chi connectivity index (χ3n) is 5.28. The number of carbonyl (C=O) groups is 2. The van der Waals surface area contributed by atoms with E-state index in [-0.39, 0.29) is 36.0 Å². The molecule has 6 heteroatoms. The van der Waals surface area contributed by atoms with Gasteiger partial charge in [-0.25, -0.2) is 4.39 Å². The summed E-state index contributed by atoms with van der Waals surface area (Å²) in [5.41, 5.74) is 7.22. The molecule has 1 fully saturated rings. The lowest BCUT2D eigenvalue weighted by Gasteiger charge is -2.40. The normalized spacial score (nSPS) is 22.9. The lowest BCUT2D eigenvalue weighted by molar-refractivity contribution is -0.138. The minimum atomic E-state index is -0.828. The second-order valence-electron chi connectivity index (χ2n) is 6.75. The van der Waals surface area contributed by atoms with Crippen LogP contribution in [0.25, 0.3) is 0 Å². The number of amides is 1. The number of carboxylic acids is 1. The van der Waals surface area contributed by atoms with Gasteiger partial charge >= 0.3 is 5.97 Å². The molecule has 1 aliphatic carbocycles. The van der Waals surface area contributed by atoms with Gasteiger partial charge in [0.1, 0.15) is 5.82 Å². The number of piperidine rings is 1. The fourth-order valence-electron chi connectivity index (χ4n) is 4.26. The van der Waals surface area contributed by atoms with E-state index in [0.717, 1.165) is 30.4 Å². The molecule has 1 aliphatic heterocycles. The van der Waals surface area contributed by atoms with Crippen LogP contribution in [0.2, 0.25) is 0 Å². The lowest BCUT2D eigenvalue weighted by Crippen LogP contribution is -2.43. The first-order chi connectivity index (χ1) is 10.9. The van der Waals surface area contributed by atoms with Crippen LogP contribution in [0, 0.1) is 5.82 Å². The number of benzene rings is 1. The van der Waals surface area contributed by atoms with Gasteiger partial charge in [0, 0.05) is 6.42 Å². The summed E-state index contributed by atoms with van der Waals surface area (Å²) in [5, 5.41) is 8.92. The highest BCUT2D eigenvalue weighted by atomic mass is 19.1. The van der Waals surface area contributed by atoms with Crippen LogP contribution >= 0.6 is 0 Å². The third-order valence-corrected chi connectivity index (χ3v) is 5.28. The van der Waals surface area contributed by atoms with Crippen molar-refractivity contribution in [2.24, 2.45) is 5.73 Å². The minimum Gasteiger partial charge on any atom is -0.480 e. The maximum absolute atomic E-state index is 13.8. The van der Waals surface area contributed by atoms with Crippen molar-refractivity contribution in [1.82, 2.24) is 4.90 Å². The molecule has 1 aromatic carbocycles. The molecule has 1 unspecified atom stereocenters. The molecular formula is C17H21FN2O3. The number of halogens is 1. The average molecular weight is 320 g/mol. The van der Waals surface area contributed by atoms with Crippen molar-refractivity contribution in [3.63, 3.8) is 0 Å². The topological polar surface area (TPSA) is 83.6 Å². The molecule has 0 bridgehead atoms. The summed E-state index contributed by atoms with van der Waals surface area (Å²) in [5.74, 6) is -1.40. The van der Waals surface area contributed by atoms with Crippen molar-refractivity contribution in [2.75, 3.05) is 19.6 Å². The molecular weight excluding hydrogens is 299 g/mol. The van der Waals surface area contributed by atoms with Crippen LogP contribution in [0.15, 0.2) is 18.2 Å². The number of rotatable bonds is 4. The van der Waals surface area contributed by atoms with E-state index in [1.165, 1.54) is 6.07 Å². The molecule has 23 heavy (non-hydrogen) atoms. The third kappa shape index (κ3) is 3.08.